The van der Waals surface area contributed by atoms with Crippen molar-refractivity contribution >= 4 is 5.57 Å². The fraction of sp³-hybridized carbons (Fsp3) is 0.125. The smallest absolute Gasteiger partial charge is 0.0986 e. The van der Waals surface area contributed by atoms with E-state index < -0.39 is 6.10 Å². The Morgan fingerprint density at radius 1 is 0.882 bits per heavy atom. The molecule has 0 radical (unpaired) electrons. The van der Waals surface area contributed by atoms with E-state index in [4.69, 9.17) is 0 Å². The Kier molecular flexibility index (Phi) is 2.34. The minimum absolute atomic E-state index is 0.471. The summed E-state index contributed by atoms with van der Waals surface area (Å²) in [6.07, 6.45) is 1.47. The lowest BCUT2D eigenvalue weighted by molar-refractivity contribution is 0.232. The second-order valence-corrected chi connectivity index (χ2v) is 4.43. The van der Waals surface area contributed by atoms with Crippen LogP contribution in [0.3, 0.4) is 0 Å². The second kappa shape index (κ2) is 3.86. The normalized spacial score (nSPS) is 17.8. The summed E-state index contributed by atoms with van der Waals surface area (Å²) in [7, 11) is 0. The molecule has 1 aliphatic carbocycles. The van der Waals surface area contributed by atoms with Gasteiger partial charge in [-0.25, -0.2) is 0 Å². The standard InChI is InChI=1S/C16H14O/c1-11-6-2-3-7-12(11)15-10-16(17)14-9-5-4-8-13(14)15/h2-10,16-17H,1H3/t16-/m1/s1. The number of benzene rings is 2. The van der Waals surface area contributed by atoms with Gasteiger partial charge in [0, 0.05) is 0 Å². The van der Waals surface area contributed by atoms with Crippen LogP contribution in [-0.2, 0) is 0 Å². The average Bonchev–Trinajstić information content (AvgIpc) is 2.68. The topological polar surface area (TPSA) is 20.2 Å². The number of rotatable bonds is 1. The minimum atomic E-state index is -0.471. The lowest BCUT2D eigenvalue weighted by Gasteiger charge is -2.08. The molecule has 0 saturated heterocycles. The average molecular weight is 222 g/mol. The summed E-state index contributed by atoms with van der Waals surface area (Å²) < 4.78 is 0. The van der Waals surface area contributed by atoms with E-state index in [0.29, 0.717) is 0 Å². The monoisotopic (exact) mass is 222 g/mol. The number of hydrogen-bond acceptors (Lipinski definition) is 1. The molecule has 1 atom stereocenters. The van der Waals surface area contributed by atoms with Crippen LogP contribution in [0.1, 0.15) is 28.4 Å². The lowest BCUT2D eigenvalue weighted by Crippen LogP contribution is -1.90. The van der Waals surface area contributed by atoms with Crippen LogP contribution in [0.5, 0.6) is 0 Å². The minimum Gasteiger partial charge on any atom is -0.384 e. The molecular weight excluding hydrogens is 208 g/mol. The molecule has 2 aromatic carbocycles. The van der Waals surface area contributed by atoms with Crippen molar-refractivity contribution in [3.63, 3.8) is 0 Å². The van der Waals surface area contributed by atoms with Gasteiger partial charge in [0.1, 0.15) is 0 Å². The van der Waals surface area contributed by atoms with Gasteiger partial charge in [0.15, 0.2) is 0 Å². The molecule has 2 aromatic rings. The summed E-state index contributed by atoms with van der Waals surface area (Å²) in [4.78, 5) is 0. The largest absolute Gasteiger partial charge is 0.384 e. The summed E-state index contributed by atoms with van der Waals surface area (Å²) in [6.45, 7) is 2.10. The third-order valence-electron chi connectivity index (χ3n) is 3.33. The van der Waals surface area contributed by atoms with Crippen LogP contribution in [0, 0.1) is 6.92 Å². The molecule has 0 aliphatic heterocycles. The predicted molar refractivity (Wildman–Crippen MR) is 69.7 cm³/mol. The van der Waals surface area contributed by atoms with Gasteiger partial charge < -0.3 is 5.11 Å². The summed E-state index contributed by atoms with van der Waals surface area (Å²) in [5.41, 5.74) is 5.74. The maximum atomic E-state index is 10.0. The van der Waals surface area contributed by atoms with Gasteiger partial charge in [-0.15, -0.1) is 0 Å². The second-order valence-electron chi connectivity index (χ2n) is 4.43. The predicted octanol–water partition coefficient (Wildman–Crippen LogP) is 3.47. The van der Waals surface area contributed by atoms with E-state index in [-0.39, 0.29) is 0 Å². The van der Waals surface area contributed by atoms with E-state index in [0.717, 1.165) is 16.7 Å². The fourth-order valence-corrected chi connectivity index (χ4v) is 2.45. The van der Waals surface area contributed by atoms with Gasteiger partial charge in [0.2, 0.25) is 0 Å². The van der Waals surface area contributed by atoms with Crippen LogP contribution in [0.2, 0.25) is 0 Å². The Morgan fingerprint density at radius 2 is 1.53 bits per heavy atom. The molecule has 0 bridgehead atoms. The zero-order chi connectivity index (χ0) is 11.8. The summed E-state index contributed by atoms with van der Waals surface area (Å²) in [5.74, 6) is 0. The highest BCUT2D eigenvalue weighted by Gasteiger charge is 2.22. The fourth-order valence-electron chi connectivity index (χ4n) is 2.45. The van der Waals surface area contributed by atoms with Crippen molar-refractivity contribution in [3.8, 4) is 0 Å². The molecule has 1 aliphatic rings. The molecule has 3 rings (SSSR count). The molecule has 0 amide bonds. The summed E-state index contributed by atoms with van der Waals surface area (Å²) in [5, 5.41) is 10.0. The third kappa shape index (κ3) is 1.60. The van der Waals surface area contributed by atoms with Gasteiger partial charge in [0.05, 0.1) is 6.10 Å². The van der Waals surface area contributed by atoms with Crippen LogP contribution in [0.4, 0.5) is 0 Å². The van der Waals surface area contributed by atoms with Crippen molar-refractivity contribution < 1.29 is 5.11 Å². The van der Waals surface area contributed by atoms with Crippen molar-refractivity contribution in [1.82, 2.24) is 0 Å². The number of fused-ring (bicyclic) bond motifs is 1. The van der Waals surface area contributed by atoms with E-state index >= 15 is 0 Å². The van der Waals surface area contributed by atoms with Crippen molar-refractivity contribution in [2.75, 3.05) is 0 Å². The molecule has 0 saturated carbocycles. The molecule has 0 fully saturated rings. The Bertz CT molecular complexity index is 596. The number of hydrogen-bond donors (Lipinski definition) is 1. The van der Waals surface area contributed by atoms with E-state index in [2.05, 4.69) is 25.1 Å². The van der Waals surface area contributed by atoms with Gasteiger partial charge in [-0.3, -0.25) is 0 Å². The van der Waals surface area contributed by atoms with E-state index in [1.807, 2.05) is 36.4 Å². The van der Waals surface area contributed by atoms with Crippen LogP contribution >= 0.6 is 0 Å². The molecule has 0 aromatic heterocycles. The highest BCUT2D eigenvalue weighted by Crippen LogP contribution is 2.38. The molecule has 0 heterocycles. The summed E-state index contributed by atoms with van der Waals surface area (Å²) in [6, 6.07) is 16.3. The van der Waals surface area contributed by atoms with Crippen LogP contribution in [-0.4, -0.2) is 5.11 Å². The molecule has 0 spiro atoms. The number of aliphatic hydroxyl groups excluding tert-OH is 1. The first-order valence-corrected chi connectivity index (χ1v) is 5.82. The maximum Gasteiger partial charge on any atom is 0.0986 e. The number of aliphatic hydroxyl groups is 1. The quantitative estimate of drug-likeness (QED) is 0.783. The van der Waals surface area contributed by atoms with Gasteiger partial charge in [0.25, 0.3) is 0 Å². The lowest BCUT2D eigenvalue weighted by atomic mass is 9.96. The molecule has 84 valence electrons. The van der Waals surface area contributed by atoms with Crippen LogP contribution in [0.15, 0.2) is 54.6 Å². The van der Waals surface area contributed by atoms with Crippen LogP contribution in [0.25, 0.3) is 5.57 Å². The number of aryl methyl sites for hydroxylation is 1. The molecule has 1 N–H and O–H groups in total. The van der Waals surface area contributed by atoms with Crippen LogP contribution < -0.4 is 0 Å². The maximum absolute atomic E-state index is 10.0. The van der Waals surface area contributed by atoms with Crippen molar-refractivity contribution in [2.45, 2.75) is 13.0 Å². The van der Waals surface area contributed by atoms with Crippen molar-refractivity contribution in [1.29, 1.82) is 0 Å². The third-order valence-corrected chi connectivity index (χ3v) is 3.33. The van der Waals surface area contributed by atoms with E-state index in [9.17, 15) is 5.11 Å². The van der Waals surface area contributed by atoms with E-state index in [1.54, 1.807) is 0 Å². The molecule has 0 unspecified atom stereocenters. The Hall–Kier alpha value is -1.86. The van der Waals surface area contributed by atoms with Gasteiger partial charge in [-0.1, -0.05) is 48.5 Å². The molecule has 17 heavy (non-hydrogen) atoms. The Balaban J connectivity index is 2.19. The zero-order valence-electron chi connectivity index (χ0n) is 9.72. The first-order chi connectivity index (χ1) is 8.27. The Morgan fingerprint density at radius 3 is 2.29 bits per heavy atom. The SMILES string of the molecule is Cc1ccccc1C1=C[C@@H](O)c2ccccc21. The Labute approximate surface area is 101 Å². The summed E-state index contributed by atoms with van der Waals surface area (Å²) >= 11 is 0. The first kappa shape index (κ1) is 10.3. The highest BCUT2D eigenvalue weighted by atomic mass is 16.3. The van der Waals surface area contributed by atoms with Crippen molar-refractivity contribution in [2.24, 2.45) is 0 Å². The zero-order valence-corrected chi connectivity index (χ0v) is 9.72. The molecule has 1 heteroatoms. The van der Waals surface area contributed by atoms with E-state index in [1.165, 1.54) is 11.1 Å². The first-order valence-electron chi connectivity index (χ1n) is 5.82. The molecule has 1 nitrogen and oxygen atoms in total. The van der Waals surface area contributed by atoms with Gasteiger partial charge >= 0.3 is 0 Å². The molecular formula is C16H14O. The highest BCUT2D eigenvalue weighted by molar-refractivity contribution is 5.86. The van der Waals surface area contributed by atoms with Crippen molar-refractivity contribution in [3.05, 3.63) is 76.9 Å². The van der Waals surface area contributed by atoms with Gasteiger partial charge in [-0.05, 0) is 40.8 Å². The van der Waals surface area contributed by atoms with Gasteiger partial charge in [-0.2, -0.15) is 0 Å².